The number of methoxy groups -OCH3 is 1. The summed E-state index contributed by atoms with van der Waals surface area (Å²) in [5, 5.41) is 1.87. The van der Waals surface area contributed by atoms with E-state index in [1.54, 1.807) is 0 Å². The second kappa shape index (κ2) is 4.91. The average Bonchev–Trinajstić information content (AvgIpc) is 2.67. The number of carbonyl (C=O) groups is 1. The Morgan fingerprint density at radius 1 is 1.60 bits per heavy atom. The summed E-state index contributed by atoms with van der Waals surface area (Å²) in [5.74, 6) is -0.742. The van der Waals surface area contributed by atoms with Crippen molar-refractivity contribution in [1.29, 1.82) is 0 Å². The van der Waals surface area contributed by atoms with Crippen molar-refractivity contribution >= 4 is 16.0 Å². The second-order valence-electron chi connectivity index (χ2n) is 3.52. The lowest BCUT2D eigenvalue weighted by atomic mass is 10.3. The quantitative estimate of drug-likeness (QED) is 0.601. The van der Waals surface area contributed by atoms with Gasteiger partial charge in [0.05, 0.1) is 7.11 Å². The van der Waals surface area contributed by atoms with Crippen LogP contribution in [0.2, 0.25) is 0 Å². The van der Waals surface area contributed by atoms with E-state index >= 15 is 0 Å². The largest absolute Gasteiger partial charge is 0.468 e. The Hall–Kier alpha value is -0.660. The van der Waals surface area contributed by atoms with Crippen LogP contribution in [-0.4, -0.2) is 45.9 Å². The van der Waals surface area contributed by atoms with Crippen molar-refractivity contribution in [2.24, 2.45) is 0 Å². The molecular weight excluding hydrogens is 220 g/mol. The zero-order valence-corrected chi connectivity index (χ0v) is 9.63. The number of hydrogen-bond acceptors (Lipinski definition) is 5. The molecule has 0 amide bonds. The van der Waals surface area contributed by atoms with E-state index in [4.69, 9.17) is 0 Å². The molecule has 7 heteroatoms. The molecule has 1 heterocycles. The summed E-state index contributed by atoms with van der Waals surface area (Å²) in [4.78, 5) is 11.1. The predicted molar refractivity (Wildman–Crippen MR) is 54.8 cm³/mol. The van der Waals surface area contributed by atoms with Gasteiger partial charge in [-0.2, -0.15) is 0 Å². The molecule has 88 valence electrons. The lowest BCUT2D eigenvalue weighted by Crippen LogP contribution is -2.44. The minimum atomic E-state index is -3.62. The van der Waals surface area contributed by atoms with E-state index < -0.39 is 21.2 Å². The molecule has 1 saturated heterocycles. The molecule has 0 aromatic rings. The number of hydrogen-bond donors (Lipinski definition) is 2. The van der Waals surface area contributed by atoms with Gasteiger partial charge in [0.15, 0.2) is 5.25 Å². The van der Waals surface area contributed by atoms with Crippen molar-refractivity contribution in [2.75, 3.05) is 20.2 Å². The standard InChI is InChI=1S/C8H16N2O4S/c1-6(8(11)14-2)15(12,13)10-7-3-4-9-5-7/h6-7,9-10H,3-5H2,1-2H3/t6?,7-/m1/s1. The number of sulfonamides is 1. The normalized spacial score (nSPS) is 23.7. The lowest BCUT2D eigenvalue weighted by Gasteiger charge is -2.15. The zero-order chi connectivity index (χ0) is 11.5. The summed E-state index contributed by atoms with van der Waals surface area (Å²) in [7, 11) is -2.45. The van der Waals surface area contributed by atoms with Gasteiger partial charge >= 0.3 is 5.97 Å². The van der Waals surface area contributed by atoms with Crippen LogP contribution in [0.25, 0.3) is 0 Å². The van der Waals surface area contributed by atoms with Crippen LogP contribution in [0.5, 0.6) is 0 Å². The smallest absolute Gasteiger partial charge is 0.325 e. The Morgan fingerprint density at radius 2 is 2.27 bits per heavy atom. The van der Waals surface area contributed by atoms with Gasteiger partial charge in [-0.1, -0.05) is 0 Å². The van der Waals surface area contributed by atoms with Crippen molar-refractivity contribution < 1.29 is 17.9 Å². The zero-order valence-electron chi connectivity index (χ0n) is 8.82. The number of carbonyl (C=O) groups excluding carboxylic acids is 1. The molecule has 0 aliphatic carbocycles. The monoisotopic (exact) mass is 236 g/mol. The molecule has 0 bridgehead atoms. The van der Waals surface area contributed by atoms with E-state index in [0.29, 0.717) is 6.54 Å². The van der Waals surface area contributed by atoms with Crippen molar-refractivity contribution in [3.05, 3.63) is 0 Å². The van der Waals surface area contributed by atoms with E-state index in [9.17, 15) is 13.2 Å². The van der Waals surface area contributed by atoms with Gasteiger partial charge in [-0.15, -0.1) is 0 Å². The second-order valence-corrected chi connectivity index (χ2v) is 5.55. The SMILES string of the molecule is COC(=O)C(C)S(=O)(=O)N[C@@H]1CCNC1. The molecule has 15 heavy (non-hydrogen) atoms. The molecule has 0 spiro atoms. The van der Waals surface area contributed by atoms with E-state index in [2.05, 4.69) is 14.8 Å². The third-order valence-electron chi connectivity index (χ3n) is 2.39. The average molecular weight is 236 g/mol. The molecule has 0 radical (unpaired) electrons. The summed E-state index contributed by atoms with van der Waals surface area (Å²) in [6, 6.07) is -0.123. The van der Waals surface area contributed by atoms with Gasteiger partial charge in [0, 0.05) is 12.6 Å². The molecule has 6 nitrogen and oxygen atoms in total. The van der Waals surface area contributed by atoms with Crippen molar-refractivity contribution in [3.63, 3.8) is 0 Å². The van der Waals surface area contributed by atoms with Gasteiger partial charge in [-0.25, -0.2) is 13.1 Å². The van der Waals surface area contributed by atoms with Crippen LogP contribution in [0.3, 0.4) is 0 Å². The van der Waals surface area contributed by atoms with Crippen LogP contribution in [0.15, 0.2) is 0 Å². The predicted octanol–water partition coefficient (Wildman–Crippen LogP) is -1.17. The highest BCUT2D eigenvalue weighted by atomic mass is 32.2. The van der Waals surface area contributed by atoms with Gasteiger partial charge < -0.3 is 10.1 Å². The first-order valence-corrected chi connectivity index (χ1v) is 6.31. The van der Waals surface area contributed by atoms with Gasteiger partial charge in [0.1, 0.15) is 0 Å². The van der Waals surface area contributed by atoms with Crippen LogP contribution < -0.4 is 10.0 Å². The third-order valence-corrected chi connectivity index (χ3v) is 4.18. The molecule has 1 rings (SSSR count). The number of ether oxygens (including phenoxy) is 1. The molecule has 0 aromatic heterocycles. The summed E-state index contributed by atoms with van der Waals surface area (Å²) >= 11 is 0. The van der Waals surface area contributed by atoms with E-state index in [1.165, 1.54) is 14.0 Å². The molecular formula is C8H16N2O4S. The van der Waals surface area contributed by atoms with Crippen LogP contribution in [-0.2, 0) is 19.6 Å². The van der Waals surface area contributed by atoms with E-state index in [-0.39, 0.29) is 6.04 Å². The maximum atomic E-state index is 11.6. The van der Waals surface area contributed by atoms with Gasteiger partial charge in [0.25, 0.3) is 0 Å². The summed E-state index contributed by atoms with van der Waals surface area (Å²) in [6.45, 7) is 2.71. The Labute approximate surface area is 89.4 Å². The van der Waals surface area contributed by atoms with Crippen LogP contribution in [0.4, 0.5) is 0 Å². The van der Waals surface area contributed by atoms with Crippen molar-refractivity contribution in [3.8, 4) is 0 Å². The molecule has 0 aromatic carbocycles. The van der Waals surface area contributed by atoms with Crippen LogP contribution in [0.1, 0.15) is 13.3 Å². The van der Waals surface area contributed by atoms with E-state index in [1.807, 2.05) is 0 Å². The summed E-state index contributed by atoms with van der Waals surface area (Å²) < 4.78 is 30.2. The highest BCUT2D eigenvalue weighted by Gasteiger charge is 2.31. The fourth-order valence-electron chi connectivity index (χ4n) is 1.38. The molecule has 1 fully saturated rings. The van der Waals surface area contributed by atoms with Gasteiger partial charge in [-0.3, -0.25) is 4.79 Å². The Kier molecular flexibility index (Phi) is 4.06. The maximum Gasteiger partial charge on any atom is 0.325 e. The Balaban J connectivity index is 2.61. The van der Waals surface area contributed by atoms with Gasteiger partial charge in [0.2, 0.25) is 10.0 Å². The molecule has 1 unspecified atom stereocenters. The maximum absolute atomic E-state index is 11.6. The number of rotatable bonds is 4. The van der Waals surface area contributed by atoms with Crippen LogP contribution in [0, 0.1) is 0 Å². The van der Waals surface area contributed by atoms with Crippen molar-refractivity contribution in [2.45, 2.75) is 24.6 Å². The Bertz CT molecular complexity index is 322. The van der Waals surface area contributed by atoms with E-state index in [0.717, 1.165) is 13.0 Å². The van der Waals surface area contributed by atoms with Crippen molar-refractivity contribution in [1.82, 2.24) is 10.0 Å². The minimum Gasteiger partial charge on any atom is -0.468 e. The first kappa shape index (κ1) is 12.4. The summed E-state index contributed by atoms with van der Waals surface area (Å²) in [5.41, 5.74) is 0. The van der Waals surface area contributed by atoms with Gasteiger partial charge in [-0.05, 0) is 19.9 Å². The lowest BCUT2D eigenvalue weighted by molar-refractivity contribution is -0.139. The van der Waals surface area contributed by atoms with Crippen LogP contribution >= 0.6 is 0 Å². The number of esters is 1. The fourth-order valence-corrected chi connectivity index (χ4v) is 2.60. The molecule has 2 N–H and O–H groups in total. The molecule has 1 aliphatic heterocycles. The molecule has 2 atom stereocenters. The Morgan fingerprint density at radius 3 is 2.73 bits per heavy atom. The fraction of sp³-hybridized carbons (Fsp3) is 0.875. The number of nitrogens with one attached hydrogen (secondary N) is 2. The highest BCUT2D eigenvalue weighted by molar-refractivity contribution is 7.90. The topological polar surface area (TPSA) is 84.5 Å². The third kappa shape index (κ3) is 3.15. The first-order valence-electron chi connectivity index (χ1n) is 4.77. The molecule has 0 saturated carbocycles. The highest BCUT2D eigenvalue weighted by Crippen LogP contribution is 2.05. The minimum absolute atomic E-state index is 0.123. The molecule has 1 aliphatic rings. The summed E-state index contributed by atoms with van der Waals surface area (Å²) in [6.07, 6.45) is 0.743. The first-order chi connectivity index (χ1) is 6.97.